The van der Waals surface area contributed by atoms with Crippen molar-refractivity contribution in [3.05, 3.63) is 61.8 Å². The highest BCUT2D eigenvalue weighted by atomic mass is 127. The van der Waals surface area contributed by atoms with E-state index >= 15 is 0 Å². The summed E-state index contributed by atoms with van der Waals surface area (Å²) >= 11 is 8.09. The van der Waals surface area contributed by atoms with Gasteiger partial charge < -0.3 is 14.8 Å². The van der Waals surface area contributed by atoms with Crippen LogP contribution in [-0.4, -0.2) is 30.0 Å². The fourth-order valence-electron chi connectivity index (χ4n) is 2.84. The maximum atomic E-state index is 12.3. The molecule has 0 unspecified atom stereocenters. The minimum absolute atomic E-state index is 0.241. The van der Waals surface area contributed by atoms with Crippen molar-refractivity contribution in [3.63, 3.8) is 0 Å². The van der Waals surface area contributed by atoms with Gasteiger partial charge in [0, 0.05) is 11.6 Å². The van der Waals surface area contributed by atoms with Crippen molar-refractivity contribution in [3.8, 4) is 11.5 Å². The van der Waals surface area contributed by atoms with E-state index in [9.17, 15) is 9.59 Å². The molecule has 6 nitrogen and oxygen atoms in total. The number of likely N-dealkylation sites (N-methyl/N-ethyl adjacent to an activating group) is 1. The van der Waals surface area contributed by atoms with Gasteiger partial charge >= 0.3 is 6.03 Å². The van der Waals surface area contributed by atoms with Crippen molar-refractivity contribution < 1.29 is 19.1 Å². The summed E-state index contributed by atoms with van der Waals surface area (Å²) in [6.07, 6.45) is 1.64. The number of imide groups is 1. The lowest BCUT2D eigenvalue weighted by Crippen LogP contribution is -2.30. The Morgan fingerprint density at radius 1 is 1.14 bits per heavy atom. The van der Waals surface area contributed by atoms with E-state index in [2.05, 4.69) is 27.9 Å². The third kappa shape index (κ3) is 5.02. The van der Waals surface area contributed by atoms with E-state index in [-0.39, 0.29) is 11.6 Å². The average molecular weight is 527 g/mol. The number of hydrogen-bond acceptors (Lipinski definition) is 4. The predicted molar refractivity (Wildman–Crippen MR) is 120 cm³/mol. The molecule has 1 fully saturated rings. The Hall–Kier alpha value is -2.26. The molecular weight excluding hydrogens is 507 g/mol. The number of urea groups is 1. The highest BCUT2D eigenvalue weighted by molar-refractivity contribution is 14.1. The van der Waals surface area contributed by atoms with Crippen LogP contribution >= 0.6 is 34.2 Å². The minimum Gasteiger partial charge on any atom is -0.490 e. The lowest BCUT2D eigenvalue weighted by molar-refractivity contribution is -0.122. The number of nitrogens with zero attached hydrogens (tertiary/aromatic N) is 1. The van der Waals surface area contributed by atoms with E-state index in [1.165, 1.54) is 0 Å². The molecule has 8 heteroatoms. The Morgan fingerprint density at radius 2 is 1.86 bits per heavy atom. The SMILES string of the molecule is CCOc1cc(/C=C2/NC(=O)N(CC)C2=O)cc(I)c1OCc1ccc(Cl)cc1. The van der Waals surface area contributed by atoms with Gasteiger partial charge in [-0.15, -0.1) is 0 Å². The van der Waals surface area contributed by atoms with Crippen molar-refractivity contribution >= 4 is 52.2 Å². The monoisotopic (exact) mass is 526 g/mol. The first-order valence-electron chi connectivity index (χ1n) is 9.11. The topological polar surface area (TPSA) is 67.9 Å². The van der Waals surface area contributed by atoms with Gasteiger partial charge in [0.05, 0.1) is 10.2 Å². The Labute approximate surface area is 188 Å². The van der Waals surface area contributed by atoms with Crippen LogP contribution in [0.15, 0.2) is 42.1 Å². The summed E-state index contributed by atoms with van der Waals surface area (Å²) in [5.41, 5.74) is 1.96. The molecule has 0 aliphatic carbocycles. The van der Waals surface area contributed by atoms with Crippen molar-refractivity contribution in [1.82, 2.24) is 10.2 Å². The highest BCUT2D eigenvalue weighted by Crippen LogP contribution is 2.35. The number of carbonyl (C=O) groups is 2. The van der Waals surface area contributed by atoms with E-state index in [1.54, 1.807) is 19.1 Å². The molecule has 0 atom stereocenters. The van der Waals surface area contributed by atoms with E-state index < -0.39 is 6.03 Å². The molecule has 1 N–H and O–H groups in total. The molecule has 3 rings (SSSR count). The molecule has 152 valence electrons. The number of benzene rings is 2. The number of halogens is 2. The van der Waals surface area contributed by atoms with Crippen molar-refractivity contribution in [2.45, 2.75) is 20.5 Å². The summed E-state index contributed by atoms with van der Waals surface area (Å²) in [4.78, 5) is 25.3. The zero-order valence-corrected chi connectivity index (χ0v) is 18.9. The third-order valence-electron chi connectivity index (χ3n) is 4.22. The third-order valence-corrected chi connectivity index (χ3v) is 5.27. The largest absolute Gasteiger partial charge is 0.490 e. The van der Waals surface area contributed by atoms with Crippen LogP contribution in [0.1, 0.15) is 25.0 Å². The molecule has 0 aromatic heterocycles. The maximum absolute atomic E-state index is 12.3. The van der Waals surface area contributed by atoms with Gasteiger partial charge in [-0.05, 0) is 77.9 Å². The first-order chi connectivity index (χ1) is 13.9. The molecule has 0 saturated carbocycles. The van der Waals surface area contributed by atoms with Crippen LogP contribution < -0.4 is 14.8 Å². The first kappa shape index (κ1) is 21.4. The summed E-state index contributed by atoms with van der Waals surface area (Å²) in [7, 11) is 0. The Balaban J connectivity index is 1.86. The average Bonchev–Trinajstić information content (AvgIpc) is 2.95. The first-order valence-corrected chi connectivity index (χ1v) is 10.6. The number of hydrogen-bond donors (Lipinski definition) is 1. The van der Waals surface area contributed by atoms with Crippen molar-refractivity contribution in [2.75, 3.05) is 13.2 Å². The van der Waals surface area contributed by atoms with Gasteiger partial charge in [0.15, 0.2) is 11.5 Å². The number of nitrogens with one attached hydrogen (secondary N) is 1. The fourth-order valence-corrected chi connectivity index (χ4v) is 3.74. The predicted octanol–water partition coefficient (Wildman–Crippen LogP) is 4.83. The quantitative estimate of drug-likeness (QED) is 0.319. The van der Waals surface area contributed by atoms with Gasteiger partial charge in [-0.25, -0.2) is 4.79 Å². The lowest BCUT2D eigenvalue weighted by atomic mass is 10.1. The number of rotatable bonds is 7. The molecule has 1 aliphatic heterocycles. The molecule has 2 aromatic carbocycles. The van der Waals surface area contributed by atoms with Crippen LogP contribution in [-0.2, 0) is 11.4 Å². The Kier molecular flexibility index (Phi) is 7.02. The molecule has 1 saturated heterocycles. The fraction of sp³-hybridized carbons (Fsp3) is 0.238. The molecule has 2 aromatic rings. The molecule has 1 aliphatic rings. The molecule has 0 bridgehead atoms. The van der Waals surface area contributed by atoms with Gasteiger partial charge in [0.25, 0.3) is 5.91 Å². The summed E-state index contributed by atoms with van der Waals surface area (Å²) in [5, 5.41) is 3.28. The van der Waals surface area contributed by atoms with Crippen LogP contribution in [0.25, 0.3) is 6.08 Å². The summed E-state index contributed by atoms with van der Waals surface area (Å²) in [6, 6.07) is 10.7. The van der Waals surface area contributed by atoms with Gasteiger partial charge in [-0.2, -0.15) is 0 Å². The zero-order valence-electron chi connectivity index (χ0n) is 16.0. The molecule has 0 radical (unpaired) electrons. The zero-order chi connectivity index (χ0) is 21.0. The summed E-state index contributed by atoms with van der Waals surface area (Å²) in [5.74, 6) is 0.861. The Morgan fingerprint density at radius 3 is 2.48 bits per heavy atom. The summed E-state index contributed by atoms with van der Waals surface area (Å²) in [6.45, 7) is 4.80. The van der Waals surface area contributed by atoms with Gasteiger partial charge in [-0.3, -0.25) is 9.69 Å². The Bertz CT molecular complexity index is 960. The smallest absolute Gasteiger partial charge is 0.328 e. The van der Waals surface area contributed by atoms with Crippen LogP contribution in [0, 0.1) is 3.57 Å². The molecule has 3 amide bonds. The van der Waals surface area contributed by atoms with Crippen LogP contribution in [0.4, 0.5) is 4.79 Å². The number of ether oxygens (including phenoxy) is 2. The second-order valence-corrected chi connectivity index (χ2v) is 7.81. The number of carbonyl (C=O) groups excluding carboxylic acids is 2. The molecule has 0 spiro atoms. The van der Waals surface area contributed by atoms with Crippen molar-refractivity contribution in [2.24, 2.45) is 0 Å². The number of amides is 3. The van der Waals surface area contributed by atoms with Gasteiger partial charge in [-0.1, -0.05) is 23.7 Å². The van der Waals surface area contributed by atoms with E-state index in [0.29, 0.717) is 36.3 Å². The molecule has 29 heavy (non-hydrogen) atoms. The van der Waals surface area contributed by atoms with Gasteiger partial charge in [0.1, 0.15) is 12.3 Å². The van der Waals surface area contributed by atoms with Crippen LogP contribution in [0.3, 0.4) is 0 Å². The van der Waals surface area contributed by atoms with Crippen LogP contribution in [0.2, 0.25) is 5.02 Å². The molecular formula is C21H20ClIN2O4. The van der Waals surface area contributed by atoms with E-state index in [0.717, 1.165) is 19.6 Å². The molecule has 1 heterocycles. The van der Waals surface area contributed by atoms with Crippen LogP contribution in [0.5, 0.6) is 11.5 Å². The van der Waals surface area contributed by atoms with Gasteiger partial charge in [0.2, 0.25) is 0 Å². The normalized spacial score (nSPS) is 15.0. The lowest BCUT2D eigenvalue weighted by Gasteiger charge is -2.15. The second-order valence-electron chi connectivity index (χ2n) is 6.22. The maximum Gasteiger partial charge on any atom is 0.328 e. The second kappa shape index (κ2) is 9.49. The summed E-state index contributed by atoms with van der Waals surface area (Å²) < 4.78 is 12.6. The van der Waals surface area contributed by atoms with E-state index in [1.807, 2.05) is 37.3 Å². The highest BCUT2D eigenvalue weighted by Gasteiger charge is 2.32. The van der Waals surface area contributed by atoms with E-state index in [4.69, 9.17) is 21.1 Å². The van der Waals surface area contributed by atoms with Crippen molar-refractivity contribution in [1.29, 1.82) is 0 Å². The minimum atomic E-state index is -0.411. The standard InChI is InChI=1S/C21H20ClIN2O4/c1-3-25-20(26)17(24-21(25)27)10-14-9-16(23)19(18(11-14)28-4-2)29-12-13-5-7-15(22)8-6-13/h5-11H,3-4,12H2,1-2H3,(H,24,27)/b17-10+.